The minimum absolute atomic E-state index is 0.131. The van der Waals surface area contributed by atoms with Crippen LogP contribution in [0.4, 0.5) is 0 Å². The summed E-state index contributed by atoms with van der Waals surface area (Å²) in [4.78, 5) is 8.70. The van der Waals surface area contributed by atoms with Crippen molar-refractivity contribution >= 4 is 6.21 Å². The van der Waals surface area contributed by atoms with E-state index in [0.29, 0.717) is 22.9 Å². The van der Waals surface area contributed by atoms with Crippen LogP contribution in [0.1, 0.15) is 61.8 Å². The van der Waals surface area contributed by atoms with Crippen molar-refractivity contribution in [2.24, 2.45) is 4.99 Å². The van der Waals surface area contributed by atoms with Crippen LogP contribution in [0.25, 0.3) is 0 Å². The zero-order valence-electron chi connectivity index (χ0n) is 12.2. The predicted octanol–water partition coefficient (Wildman–Crippen LogP) is 3.12. The third-order valence-electron chi connectivity index (χ3n) is 4.02. The summed E-state index contributed by atoms with van der Waals surface area (Å²) in [6.45, 7) is 1.62. The zero-order valence-corrected chi connectivity index (χ0v) is 12.2. The molecule has 1 saturated carbocycles. The van der Waals surface area contributed by atoms with Crippen LogP contribution in [-0.2, 0) is 6.61 Å². The molecule has 1 aromatic heterocycles. The fourth-order valence-corrected chi connectivity index (χ4v) is 2.69. The SMILES string of the molecule is Cc1ncc(CO)c(C=NC2CCCCCCC2)c1O. The molecule has 0 saturated heterocycles. The molecule has 1 fully saturated rings. The third kappa shape index (κ3) is 3.79. The molecule has 4 heteroatoms. The first-order valence-corrected chi connectivity index (χ1v) is 7.54. The second-order valence-electron chi connectivity index (χ2n) is 5.57. The standard InChI is InChI=1S/C16H24N2O2/c1-12-16(20)15(13(11-19)9-17-12)10-18-14-7-5-3-2-4-6-8-14/h9-10,14,19-20H,2-8,11H2,1H3. The molecule has 0 radical (unpaired) electrons. The molecule has 4 nitrogen and oxygen atoms in total. The first-order valence-electron chi connectivity index (χ1n) is 7.54. The average Bonchev–Trinajstić information content (AvgIpc) is 2.42. The van der Waals surface area contributed by atoms with Crippen molar-refractivity contribution < 1.29 is 10.2 Å². The van der Waals surface area contributed by atoms with Crippen LogP contribution in [0, 0.1) is 6.92 Å². The minimum atomic E-state index is -0.132. The summed E-state index contributed by atoms with van der Waals surface area (Å²) in [7, 11) is 0. The van der Waals surface area contributed by atoms with Gasteiger partial charge in [-0.1, -0.05) is 32.1 Å². The van der Waals surface area contributed by atoms with Gasteiger partial charge in [-0.15, -0.1) is 0 Å². The van der Waals surface area contributed by atoms with Gasteiger partial charge in [-0.2, -0.15) is 0 Å². The molecule has 1 heterocycles. The maximum absolute atomic E-state index is 10.1. The number of pyridine rings is 1. The van der Waals surface area contributed by atoms with Gasteiger partial charge in [0.1, 0.15) is 5.75 Å². The highest BCUT2D eigenvalue weighted by Crippen LogP contribution is 2.24. The normalized spacial score (nSPS) is 18.1. The van der Waals surface area contributed by atoms with E-state index in [1.54, 1.807) is 19.3 Å². The Labute approximate surface area is 120 Å². The lowest BCUT2D eigenvalue weighted by Gasteiger charge is -2.16. The highest BCUT2D eigenvalue weighted by Gasteiger charge is 2.12. The first kappa shape index (κ1) is 15.0. The molecule has 0 aliphatic heterocycles. The van der Waals surface area contributed by atoms with Crippen molar-refractivity contribution in [1.29, 1.82) is 0 Å². The van der Waals surface area contributed by atoms with Gasteiger partial charge < -0.3 is 10.2 Å². The van der Waals surface area contributed by atoms with E-state index in [4.69, 9.17) is 0 Å². The van der Waals surface area contributed by atoms with Gasteiger partial charge in [0.25, 0.3) is 0 Å². The molecular formula is C16H24N2O2. The predicted molar refractivity (Wildman–Crippen MR) is 80.3 cm³/mol. The van der Waals surface area contributed by atoms with E-state index >= 15 is 0 Å². The summed E-state index contributed by atoms with van der Waals surface area (Å²) in [5.74, 6) is 0.131. The molecule has 0 aromatic carbocycles. The molecule has 1 aromatic rings. The summed E-state index contributed by atoms with van der Waals surface area (Å²) >= 11 is 0. The van der Waals surface area contributed by atoms with Crippen LogP contribution in [0.15, 0.2) is 11.2 Å². The highest BCUT2D eigenvalue weighted by molar-refractivity contribution is 5.85. The second kappa shape index (κ2) is 7.39. The highest BCUT2D eigenvalue weighted by atomic mass is 16.3. The quantitative estimate of drug-likeness (QED) is 0.834. The lowest BCUT2D eigenvalue weighted by atomic mass is 9.97. The summed E-state index contributed by atoms with van der Waals surface area (Å²) < 4.78 is 0. The largest absolute Gasteiger partial charge is 0.505 e. The number of aryl methyl sites for hydroxylation is 1. The van der Waals surface area contributed by atoms with Crippen molar-refractivity contribution in [3.63, 3.8) is 0 Å². The smallest absolute Gasteiger partial charge is 0.145 e. The van der Waals surface area contributed by atoms with Crippen LogP contribution in [0.3, 0.4) is 0 Å². The number of nitrogens with zero attached hydrogens (tertiary/aromatic N) is 2. The lowest BCUT2D eigenvalue weighted by Crippen LogP contribution is -2.08. The van der Waals surface area contributed by atoms with Crippen molar-refractivity contribution in [2.45, 2.75) is 64.5 Å². The zero-order chi connectivity index (χ0) is 14.4. The second-order valence-corrected chi connectivity index (χ2v) is 5.57. The van der Waals surface area contributed by atoms with Crippen LogP contribution in [0.5, 0.6) is 5.75 Å². The number of hydrogen-bond acceptors (Lipinski definition) is 4. The Bertz CT molecular complexity index is 464. The number of aliphatic hydroxyl groups excluding tert-OH is 1. The molecule has 0 unspecified atom stereocenters. The first-order chi connectivity index (χ1) is 9.72. The van der Waals surface area contributed by atoms with E-state index in [1.807, 2.05) is 0 Å². The molecule has 0 bridgehead atoms. The van der Waals surface area contributed by atoms with E-state index in [0.717, 1.165) is 12.8 Å². The maximum atomic E-state index is 10.1. The van der Waals surface area contributed by atoms with E-state index < -0.39 is 0 Å². The van der Waals surface area contributed by atoms with E-state index in [9.17, 15) is 10.2 Å². The maximum Gasteiger partial charge on any atom is 0.145 e. The Morgan fingerprint density at radius 1 is 1.25 bits per heavy atom. The van der Waals surface area contributed by atoms with E-state index in [1.165, 1.54) is 32.1 Å². The minimum Gasteiger partial charge on any atom is -0.505 e. The molecule has 2 rings (SSSR count). The van der Waals surface area contributed by atoms with Crippen LogP contribution >= 0.6 is 0 Å². The Morgan fingerprint density at radius 3 is 2.55 bits per heavy atom. The van der Waals surface area contributed by atoms with Gasteiger partial charge in [0.15, 0.2) is 0 Å². The summed E-state index contributed by atoms with van der Waals surface area (Å²) in [6, 6.07) is 0.342. The molecule has 2 N–H and O–H groups in total. The van der Waals surface area contributed by atoms with E-state index in [-0.39, 0.29) is 12.4 Å². The topological polar surface area (TPSA) is 65.7 Å². The van der Waals surface area contributed by atoms with Crippen LogP contribution < -0.4 is 0 Å². The lowest BCUT2D eigenvalue weighted by molar-refractivity contribution is 0.280. The Hall–Kier alpha value is -1.42. The number of hydrogen-bond donors (Lipinski definition) is 2. The number of rotatable bonds is 3. The van der Waals surface area contributed by atoms with Gasteiger partial charge >= 0.3 is 0 Å². The molecule has 20 heavy (non-hydrogen) atoms. The van der Waals surface area contributed by atoms with E-state index in [2.05, 4.69) is 9.98 Å². The van der Waals surface area contributed by atoms with Crippen molar-refractivity contribution in [3.8, 4) is 5.75 Å². The third-order valence-corrected chi connectivity index (χ3v) is 4.02. The summed E-state index contributed by atoms with van der Waals surface area (Å²) in [6.07, 6.45) is 12.0. The molecule has 1 aliphatic carbocycles. The number of aromatic nitrogens is 1. The average molecular weight is 276 g/mol. The molecule has 0 atom stereocenters. The van der Waals surface area contributed by atoms with Gasteiger partial charge in [-0.3, -0.25) is 9.98 Å². The summed E-state index contributed by atoms with van der Waals surface area (Å²) in [5.41, 5.74) is 1.81. The molecule has 1 aliphatic rings. The van der Waals surface area contributed by atoms with Crippen LogP contribution in [-0.4, -0.2) is 27.5 Å². The summed E-state index contributed by atoms with van der Waals surface area (Å²) in [5, 5.41) is 19.4. The Balaban J connectivity index is 2.15. The molecule has 0 spiro atoms. The fraction of sp³-hybridized carbons (Fsp3) is 0.625. The fourth-order valence-electron chi connectivity index (χ4n) is 2.69. The van der Waals surface area contributed by atoms with Gasteiger partial charge in [-0.05, 0) is 19.8 Å². The Morgan fingerprint density at radius 2 is 1.90 bits per heavy atom. The van der Waals surface area contributed by atoms with Gasteiger partial charge in [0.05, 0.1) is 12.3 Å². The number of aliphatic hydroxyl groups is 1. The molecular weight excluding hydrogens is 252 g/mol. The van der Waals surface area contributed by atoms with Crippen molar-refractivity contribution in [1.82, 2.24) is 4.98 Å². The van der Waals surface area contributed by atoms with Crippen molar-refractivity contribution in [3.05, 3.63) is 23.0 Å². The number of aromatic hydroxyl groups is 1. The monoisotopic (exact) mass is 276 g/mol. The van der Waals surface area contributed by atoms with Crippen molar-refractivity contribution in [2.75, 3.05) is 0 Å². The van der Waals surface area contributed by atoms with Gasteiger partial charge in [0, 0.05) is 29.6 Å². The molecule has 0 amide bonds. The molecule has 110 valence electrons. The van der Waals surface area contributed by atoms with Gasteiger partial charge in [0.2, 0.25) is 0 Å². The Kier molecular flexibility index (Phi) is 5.53. The number of aliphatic imine (C=N–C) groups is 1. The van der Waals surface area contributed by atoms with Crippen LogP contribution in [0.2, 0.25) is 0 Å². The van der Waals surface area contributed by atoms with Gasteiger partial charge in [-0.25, -0.2) is 0 Å².